The Hall–Kier alpha value is -1.63. The Kier molecular flexibility index (Phi) is 9.45. The predicted octanol–water partition coefficient (Wildman–Crippen LogP) is 2.73. The summed E-state index contributed by atoms with van der Waals surface area (Å²) >= 11 is 0. The van der Waals surface area contributed by atoms with Crippen molar-refractivity contribution in [1.29, 1.82) is 0 Å². The number of guanidine groups is 1. The van der Waals surface area contributed by atoms with Gasteiger partial charge in [0.2, 0.25) is 0 Å². The molecule has 0 aromatic carbocycles. The monoisotopic (exact) mass is 364 g/mol. The molecule has 26 heavy (non-hydrogen) atoms. The third-order valence-electron chi connectivity index (χ3n) is 4.85. The van der Waals surface area contributed by atoms with Crippen LogP contribution in [0.1, 0.15) is 64.1 Å². The van der Waals surface area contributed by atoms with E-state index < -0.39 is 0 Å². The number of hydrogen-bond donors (Lipinski definition) is 1. The van der Waals surface area contributed by atoms with Gasteiger partial charge in [-0.1, -0.05) is 19.3 Å². The molecule has 1 saturated carbocycles. The number of rotatable bonds is 10. The highest BCUT2D eigenvalue weighted by Gasteiger charge is 2.13. The van der Waals surface area contributed by atoms with Crippen LogP contribution in [0.15, 0.2) is 11.3 Å². The maximum absolute atomic E-state index is 5.99. The molecule has 1 N–H and O–H groups in total. The van der Waals surface area contributed by atoms with Crippen molar-refractivity contribution in [1.82, 2.24) is 25.0 Å². The van der Waals surface area contributed by atoms with Crippen molar-refractivity contribution in [2.24, 2.45) is 12.0 Å². The number of nitrogens with zero attached hydrogens (tertiary/aromatic N) is 5. The smallest absolute Gasteiger partial charge is 0.194 e. The molecule has 1 fully saturated rings. The highest BCUT2D eigenvalue weighted by Crippen LogP contribution is 2.20. The minimum Gasteiger partial charge on any atom is -0.378 e. The highest BCUT2D eigenvalue weighted by atomic mass is 16.5. The molecule has 0 unspecified atom stereocenters. The topological polar surface area (TPSA) is 67.6 Å². The second-order valence-electron chi connectivity index (χ2n) is 7.08. The second-order valence-corrected chi connectivity index (χ2v) is 7.08. The van der Waals surface area contributed by atoms with Crippen LogP contribution in [-0.2, 0) is 18.3 Å². The summed E-state index contributed by atoms with van der Waals surface area (Å²) in [5.74, 6) is 1.85. The molecule has 1 aromatic rings. The lowest BCUT2D eigenvalue weighted by Crippen LogP contribution is -2.39. The van der Waals surface area contributed by atoms with Gasteiger partial charge < -0.3 is 15.0 Å². The molecule has 0 radical (unpaired) electrons. The molecule has 1 aromatic heterocycles. The summed E-state index contributed by atoms with van der Waals surface area (Å²) in [6.07, 6.45) is 12.1. The van der Waals surface area contributed by atoms with Crippen LogP contribution in [0.5, 0.6) is 0 Å². The van der Waals surface area contributed by atoms with Crippen LogP contribution in [0.3, 0.4) is 0 Å². The highest BCUT2D eigenvalue weighted by molar-refractivity contribution is 5.79. The van der Waals surface area contributed by atoms with Gasteiger partial charge in [0.1, 0.15) is 12.2 Å². The number of ether oxygens (including phenoxy) is 1. The zero-order valence-electron chi connectivity index (χ0n) is 16.8. The van der Waals surface area contributed by atoms with Gasteiger partial charge in [-0.15, -0.1) is 0 Å². The molecular weight excluding hydrogens is 328 g/mol. The number of aliphatic imine (C=N–C) groups is 1. The van der Waals surface area contributed by atoms with Crippen LogP contribution in [0.25, 0.3) is 0 Å². The first-order chi connectivity index (χ1) is 12.7. The maximum atomic E-state index is 5.99. The predicted molar refractivity (Wildman–Crippen MR) is 105 cm³/mol. The largest absolute Gasteiger partial charge is 0.378 e. The Morgan fingerprint density at radius 2 is 2.12 bits per heavy atom. The van der Waals surface area contributed by atoms with Crippen molar-refractivity contribution in [3.05, 3.63) is 12.2 Å². The SMILES string of the molecule is CCNC(=NCCCCCOC1CCCCC1)N(C)Cc1ncnn1C. The molecule has 0 bridgehead atoms. The van der Waals surface area contributed by atoms with Gasteiger partial charge in [-0.3, -0.25) is 9.67 Å². The number of hydrogen-bond acceptors (Lipinski definition) is 4. The first kappa shape index (κ1) is 20.7. The fourth-order valence-corrected chi connectivity index (χ4v) is 3.28. The van der Waals surface area contributed by atoms with Gasteiger partial charge in [0.15, 0.2) is 5.96 Å². The third-order valence-corrected chi connectivity index (χ3v) is 4.85. The van der Waals surface area contributed by atoms with E-state index in [1.54, 1.807) is 11.0 Å². The Bertz CT molecular complexity index is 524. The van der Waals surface area contributed by atoms with Crippen molar-refractivity contribution >= 4 is 5.96 Å². The number of aryl methyl sites for hydroxylation is 1. The third kappa shape index (κ3) is 7.32. The van der Waals surface area contributed by atoms with E-state index in [4.69, 9.17) is 9.73 Å². The van der Waals surface area contributed by atoms with Gasteiger partial charge in [0.25, 0.3) is 0 Å². The van der Waals surface area contributed by atoms with E-state index in [1.807, 2.05) is 14.1 Å². The molecule has 2 rings (SSSR count). The maximum Gasteiger partial charge on any atom is 0.194 e. The molecule has 1 aliphatic carbocycles. The van der Waals surface area contributed by atoms with Crippen LogP contribution >= 0.6 is 0 Å². The van der Waals surface area contributed by atoms with Crippen molar-refractivity contribution < 1.29 is 4.74 Å². The zero-order chi connectivity index (χ0) is 18.6. The second kappa shape index (κ2) is 11.9. The van der Waals surface area contributed by atoms with Gasteiger partial charge in [0, 0.05) is 33.8 Å². The molecule has 0 saturated heterocycles. The standard InChI is InChI=1S/C19H36N6O/c1-4-20-19(24(2)15-18-22-16-23-25(18)3)21-13-9-6-10-14-26-17-11-7-5-8-12-17/h16-17H,4-15H2,1-3H3,(H,20,21). The molecule has 0 amide bonds. The van der Waals surface area contributed by atoms with Crippen molar-refractivity contribution in [3.63, 3.8) is 0 Å². The van der Waals surface area contributed by atoms with Crippen LogP contribution in [0, 0.1) is 0 Å². The Morgan fingerprint density at radius 1 is 1.31 bits per heavy atom. The van der Waals surface area contributed by atoms with E-state index in [0.29, 0.717) is 12.6 Å². The average Bonchev–Trinajstić information content (AvgIpc) is 3.05. The minimum atomic E-state index is 0.524. The summed E-state index contributed by atoms with van der Waals surface area (Å²) in [5, 5.41) is 7.47. The lowest BCUT2D eigenvalue weighted by Gasteiger charge is -2.22. The van der Waals surface area contributed by atoms with Crippen molar-refractivity contribution in [2.45, 2.75) is 70.9 Å². The van der Waals surface area contributed by atoms with E-state index in [2.05, 4.69) is 27.2 Å². The Morgan fingerprint density at radius 3 is 2.81 bits per heavy atom. The lowest BCUT2D eigenvalue weighted by molar-refractivity contribution is 0.0264. The minimum absolute atomic E-state index is 0.524. The summed E-state index contributed by atoms with van der Waals surface area (Å²) in [5.41, 5.74) is 0. The lowest BCUT2D eigenvalue weighted by atomic mass is 9.98. The van der Waals surface area contributed by atoms with Crippen LogP contribution in [0.2, 0.25) is 0 Å². The molecule has 0 atom stereocenters. The van der Waals surface area contributed by atoms with Gasteiger partial charge in [-0.2, -0.15) is 5.10 Å². The van der Waals surface area contributed by atoms with Gasteiger partial charge in [-0.25, -0.2) is 4.98 Å². The van der Waals surface area contributed by atoms with Gasteiger partial charge in [0.05, 0.1) is 12.6 Å². The van der Waals surface area contributed by atoms with Crippen LogP contribution in [-0.4, -0.2) is 58.5 Å². The number of unbranched alkanes of at least 4 members (excludes halogenated alkanes) is 2. The van der Waals surface area contributed by atoms with Gasteiger partial charge >= 0.3 is 0 Å². The first-order valence-electron chi connectivity index (χ1n) is 10.1. The van der Waals surface area contributed by atoms with Crippen molar-refractivity contribution in [3.8, 4) is 0 Å². The molecule has 7 heteroatoms. The number of nitrogens with one attached hydrogen (secondary N) is 1. The molecule has 1 aliphatic rings. The van der Waals surface area contributed by atoms with E-state index in [9.17, 15) is 0 Å². The van der Waals surface area contributed by atoms with E-state index >= 15 is 0 Å². The van der Waals surface area contributed by atoms with Crippen molar-refractivity contribution in [2.75, 3.05) is 26.7 Å². The number of aromatic nitrogens is 3. The zero-order valence-corrected chi connectivity index (χ0v) is 16.8. The van der Waals surface area contributed by atoms with Gasteiger partial charge in [-0.05, 0) is 39.0 Å². The summed E-state index contributed by atoms with van der Waals surface area (Å²) in [6.45, 7) is 5.39. The molecule has 1 heterocycles. The first-order valence-corrected chi connectivity index (χ1v) is 10.1. The molecule has 0 spiro atoms. The van der Waals surface area contributed by atoms with E-state index in [-0.39, 0.29) is 0 Å². The summed E-state index contributed by atoms with van der Waals surface area (Å²) in [4.78, 5) is 11.1. The normalized spacial score (nSPS) is 16.0. The van der Waals surface area contributed by atoms with Crippen LogP contribution in [0.4, 0.5) is 0 Å². The van der Waals surface area contributed by atoms with Crippen LogP contribution < -0.4 is 5.32 Å². The Labute approximate surface area is 158 Å². The molecular formula is C19H36N6O. The average molecular weight is 365 g/mol. The molecule has 148 valence electrons. The summed E-state index contributed by atoms with van der Waals surface area (Å²) in [7, 11) is 3.95. The quantitative estimate of drug-likeness (QED) is 0.393. The fourth-order valence-electron chi connectivity index (χ4n) is 3.28. The summed E-state index contributed by atoms with van der Waals surface area (Å²) in [6, 6.07) is 0. The molecule has 0 aliphatic heterocycles. The fraction of sp³-hybridized carbons (Fsp3) is 0.842. The Balaban J connectivity index is 1.63. The van der Waals surface area contributed by atoms with E-state index in [1.165, 1.54) is 38.5 Å². The van der Waals surface area contributed by atoms with E-state index in [0.717, 1.165) is 44.3 Å². The summed E-state index contributed by atoms with van der Waals surface area (Å²) < 4.78 is 7.78. The molecule has 7 nitrogen and oxygen atoms in total.